The predicted octanol–water partition coefficient (Wildman–Crippen LogP) is 2.27. The monoisotopic (exact) mass is 323 g/mol. The number of aliphatic hydroxyl groups excluding tert-OH is 1. The Hall–Kier alpha value is -2.99. The Morgan fingerprint density at radius 3 is 2.62 bits per heavy atom. The van der Waals surface area contributed by atoms with E-state index in [0.29, 0.717) is 27.9 Å². The molecule has 1 aromatic carbocycles. The molecule has 0 spiro atoms. The van der Waals surface area contributed by atoms with Crippen LogP contribution in [0.3, 0.4) is 0 Å². The molecule has 0 unspecified atom stereocenters. The zero-order valence-electron chi connectivity index (χ0n) is 13.4. The fraction of sp³-hybridized carbons (Fsp3) is 0.167. The van der Waals surface area contributed by atoms with Crippen LogP contribution in [0, 0.1) is 13.8 Å². The molecule has 0 fully saturated rings. The first-order valence-corrected chi connectivity index (χ1v) is 7.44. The van der Waals surface area contributed by atoms with Crippen molar-refractivity contribution in [1.82, 2.24) is 4.98 Å². The quantitative estimate of drug-likeness (QED) is 0.772. The molecule has 24 heavy (non-hydrogen) atoms. The van der Waals surface area contributed by atoms with Gasteiger partial charge in [0.25, 0.3) is 5.91 Å². The van der Waals surface area contributed by atoms with Gasteiger partial charge in [-0.05, 0) is 32.0 Å². The third-order valence-corrected chi connectivity index (χ3v) is 3.75. The van der Waals surface area contributed by atoms with Crippen LogP contribution in [0.15, 0.2) is 45.9 Å². The molecule has 122 valence electrons. The van der Waals surface area contributed by atoms with Crippen molar-refractivity contribution < 1.29 is 14.3 Å². The van der Waals surface area contributed by atoms with Crippen LogP contribution >= 0.6 is 0 Å². The molecule has 0 aliphatic heterocycles. The molecule has 0 saturated heterocycles. The summed E-state index contributed by atoms with van der Waals surface area (Å²) in [4.78, 5) is 20.4. The first-order valence-electron chi connectivity index (χ1n) is 7.44. The Bertz CT molecular complexity index is 989. The molecule has 0 aliphatic carbocycles. The maximum absolute atomic E-state index is 11.8. The van der Waals surface area contributed by atoms with E-state index in [1.165, 1.54) is 0 Å². The molecule has 6 nitrogen and oxygen atoms in total. The summed E-state index contributed by atoms with van der Waals surface area (Å²) in [6.07, 6.45) is 1.55. The zero-order valence-corrected chi connectivity index (χ0v) is 13.4. The molecule has 2 aromatic heterocycles. The molecule has 3 rings (SSSR count). The highest BCUT2D eigenvalue weighted by Crippen LogP contribution is 2.21. The van der Waals surface area contributed by atoms with E-state index in [1.807, 2.05) is 31.2 Å². The average Bonchev–Trinajstić information content (AvgIpc) is 2.57. The highest BCUT2D eigenvalue weighted by molar-refractivity contribution is 5.96. The van der Waals surface area contributed by atoms with E-state index in [9.17, 15) is 9.90 Å². The average molecular weight is 323 g/mol. The second kappa shape index (κ2) is 6.25. The number of benzene rings is 1. The van der Waals surface area contributed by atoms with Gasteiger partial charge in [0.15, 0.2) is 5.58 Å². The minimum atomic E-state index is -0.648. The van der Waals surface area contributed by atoms with E-state index in [1.54, 1.807) is 19.2 Å². The van der Waals surface area contributed by atoms with Crippen molar-refractivity contribution in [2.45, 2.75) is 20.5 Å². The molecule has 6 heteroatoms. The second-order valence-electron chi connectivity index (χ2n) is 5.55. The summed E-state index contributed by atoms with van der Waals surface area (Å²) in [7, 11) is 0. The number of fused-ring (bicyclic) bond motifs is 1. The minimum absolute atomic E-state index is 0.124. The molecule has 3 N–H and O–H groups in total. The smallest absolute Gasteiger partial charge is 0.254 e. The van der Waals surface area contributed by atoms with E-state index in [4.69, 9.17) is 10.2 Å². The van der Waals surface area contributed by atoms with Gasteiger partial charge in [-0.1, -0.05) is 17.7 Å². The van der Waals surface area contributed by atoms with Crippen molar-refractivity contribution in [2.24, 2.45) is 10.7 Å². The van der Waals surface area contributed by atoms with Gasteiger partial charge in [-0.2, -0.15) is 0 Å². The molecular weight excluding hydrogens is 306 g/mol. The molecule has 0 atom stereocenters. The third kappa shape index (κ3) is 2.91. The van der Waals surface area contributed by atoms with Crippen LogP contribution in [-0.2, 0) is 6.61 Å². The summed E-state index contributed by atoms with van der Waals surface area (Å²) in [5, 5.41) is 10.1. The molecule has 0 bridgehead atoms. The largest absolute Gasteiger partial charge is 0.436 e. The Kier molecular flexibility index (Phi) is 4.14. The second-order valence-corrected chi connectivity index (χ2v) is 5.55. The number of hydrogen-bond donors (Lipinski definition) is 2. The number of nitrogens with two attached hydrogens (primary N) is 1. The number of hydrogen-bond acceptors (Lipinski definition) is 5. The highest BCUT2D eigenvalue weighted by Gasteiger charge is 2.14. The van der Waals surface area contributed by atoms with E-state index in [0.717, 1.165) is 5.56 Å². The van der Waals surface area contributed by atoms with E-state index in [2.05, 4.69) is 9.98 Å². The van der Waals surface area contributed by atoms with E-state index < -0.39 is 5.91 Å². The summed E-state index contributed by atoms with van der Waals surface area (Å²) in [6.45, 7) is 3.54. The van der Waals surface area contributed by atoms with Crippen LogP contribution in [0.25, 0.3) is 11.0 Å². The summed E-state index contributed by atoms with van der Waals surface area (Å²) in [6, 6.07) is 9.08. The van der Waals surface area contributed by atoms with Gasteiger partial charge in [0.2, 0.25) is 5.55 Å². The third-order valence-electron chi connectivity index (χ3n) is 3.75. The lowest BCUT2D eigenvalue weighted by Crippen LogP contribution is -2.22. The number of aromatic nitrogens is 1. The summed E-state index contributed by atoms with van der Waals surface area (Å²) in [5.74, 6) is -0.648. The maximum Gasteiger partial charge on any atom is 0.254 e. The number of carbonyl (C=O) groups excluding carboxylic acids is 1. The highest BCUT2D eigenvalue weighted by atomic mass is 16.3. The Labute approximate surface area is 138 Å². The standard InChI is InChI=1S/C18H17N3O3/c1-10-3-5-13(6-4-10)21-18-15(17(19)23)7-14-12(9-22)8-20-11(2)16(14)24-18/h3-8,22H,9H2,1-2H3,(H2,19,23). The zero-order chi connectivity index (χ0) is 17.3. The number of rotatable bonds is 3. The molecule has 0 radical (unpaired) electrons. The van der Waals surface area contributed by atoms with Crippen molar-refractivity contribution in [3.05, 3.63) is 64.5 Å². The molecule has 0 saturated carbocycles. The van der Waals surface area contributed by atoms with Gasteiger partial charge in [-0.25, -0.2) is 4.99 Å². The first kappa shape index (κ1) is 15.9. The van der Waals surface area contributed by atoms with Gasteiger partial charge < -0.3 is 15.3 Å². The molecule has 2 heterocycles. The van der Waals surface area contributed by atoms with Crippen molar-refractivity contribution in [3.8, 4) is 0 Å². The Morgan fingerprint density at radius 1 is 1.29 bits per heavy atom. The maximum atomic E-state index is 11.8. The predicted molar refractivity (Wildman–Crippen MR) is 89.6 cm³/mol. The molecule has 1 amide bonds. The van der Waals surface area contributed by atoms with Gasteiger partial charge >= 0.3 is 0 Å². The van der Waals surface area contributed by atoms with Crippen molar-refractivity contribution in [1.29, 1.82) is 0 Å². The topological polar surface area (TPSA) is 102 Å². The summed E-state index contributed by atoms with van der Waals surface area (Å²) < 4.78 is 5.82. The first-order chi connectivity index (χ1) is 11.5. The number of primary amides is 1. The number of aliphatic hydroxyl groups is 1. The summed E-state index contributed by atoms with van der Waals surface area (Å²) >= 11 is 0. The number of nitrogens with zero attached hydrogens (tertiary/aromatic N) is 2. The lowest BCUT2D eigenvalue weighted by molar-refractivity contribution is 0.0996. The minimum Gasteiger partial charge on any atom is -0.436 e. The van der Waals surface area contributed by atoms with Gasteiger partial charge in [-0.3, -0.25) is 9.78 Å². The van der Waals surface area contributed by atoms with Gasteiger partial charge in [-0.15, -0.1) is 0 Å². The number of pyridine rings is 1. The Balaban J connectivity index is 2.34. The lowest BCUT2D eigenvalue weighted by atomic mass is 10.1. The van der Waals surface area contributed by atoms with Crippen LogP contribution in [0.4, 0.5) is 5.69 Å². The SMILES string of the molecule is Cc1ccc(N=c2oc3c(C)ncc(CO)c3cc2C(N)=O)cc1. The van der Waals surface area contributed by atoms with Crippen LogP contribution in [0.1, 0.15) is 27.2 Å². The molecule has 0 aliphatic rings. The number of amides is 1. The fourth-order valence-electron chi connectivity index (χ4n) is 2.41. The van der Waals surface area contributed by atoms with Gasteiger partial charge in [0.05, 0.1) is 18.0 Å². The molecule has 3 aromatic rings. The van der Waals surface area contributed by atoms with Crippen LogP contribution in [-0.4, -0.2) is 16.0 Å². The Morgan fingerprint density at radius 2 is 2.00 bits per heavy atom. The van der Waals surface area contributed by atoms with Gasteiger partial charge in [0, 0.05) is 17.1 Å². The van der Waals surface area contributed by atoms with Crippen molar-refractivity contribution >= 4 is 22.6 Å². The number of carbonyl (C=O) groups is 1. The summed E-state index contributed by atoms with van der Waals surface area (Å²) in [5.41, 5.74) is 9.17. The van der Waals surface area contributed by atoms with Crippen LogP contribution in [0.2, 0.25) is 0 Å². The lowest BCUT2D eigenvalue weighted by Gasteiger charge is -2.07. The van der Waals surface area contributed by atoms with E-state index >= 15 is 0 Å². The number of aryl methyl sites for hydroxylation is 2. The normalized spacial score (nSPS) is 11.9. The fourth-order valence-corrected chi connectivity index (χ4v) is 2.41. The van der Waals surface area contributed by atoms with E-state index in [-0.39, 0.29) is 17.7 Å². The van der Waals surface area contributed by atoms with Crippen molar-refractivity contribution in [2.75, 3.05) is 0 Å². The molecular formula is C18H17N3O3. The van der Waals surface area contributed by atoms with Gasteiger partial charge in [0.1, 0.15) is 5.56 Å². The van der Waals surface area contributed by atoms with Crippen LogP contribution < -0.4 is 11.3 Å². The van der Waals surface area contributed by atoms with Crippen molar-refractivity contribution in [3.63, 3.8) is 0 Å². The van der Waals surface area contributed by atoms with Crippen LogP contribution in [0.5, 0.6) is 0 Å².